The molecule has 1 unspecified atom stereocenters. The third-order valence-corrected chi connectivity index (χ3v) is 4.89. The molecule has 1 N–H and O–H groups in total. The Labute approximate surface area is 153 Å². The maximum Gasteiger partial charge on any atom is 0.254 e. The van der Waals surface area contributed by atoms with E-state index in [9.17, 15) is 9.18 Å². The molecule has 2 aromatic rings. The van der Waals surface area contributed by atoms with Gasteiger partial charge in [-0.1, -0.05) is 25.1 Å². The van der Waals surface area contributed by atoms with E-state index in [1.165, 1.54) is 12.5 Å². The van der Waals surface area contributed by atoms with E-state index < -0.39 is 0 Å². The molecule has 1 aliphatic rings. The van der Waals surface area contributed by atoms with E-state index in [1.54, 1.807) is 30.6 Å². The van der Waals surface area contributed by atoms with Gasteiger partial charge in [-0.3, -0.25) is 4.79 Å². The molecule has 2 heterocycles. The number of rotatable bonds is 6. The van der Waals surface area contributed by atoms with Gasteiger partial charge in [0.1, 0.15) is 5.82 Å². The van der Waals surface area contributed by atoms with Crippen LogP contribution in [0.2, 0.25) is 0 Å². The van der Waals surface area contributed by atoms with Gasteiger partial charge in [0.2, 0.25) is 5.95 Å². The fourth-order valence-corrected chi connectivity index (χ4v) is 3.39. The molecule has 0 bridgehead atoms. The second-order valence-corrected chi connectivity index (χ2v) is 6.62. The Kier molecular flexibility index (Phi) is 6.15. The Balaban J connectivity index is 1.56. The molecular formula is C20H25FN4O. The van der Waals surface area contributed by atoms with Crippen molar-refractivity contribution in [3.63, 3.8) is 0 Å². The predicted octanol–water partition coefficient (Wildman–Crippen LogP) is 3.36. The van der Waals surface area contributed by atoms with Crippen molar-refractivity contribution in [1.82, 2.24) is 15.3 Å². The molecule has 1 atom stereocenters. The highest BCUT2D eigenvalue weighted by molar-refractivity contribution is 5.93. The number of hydrogen-bond donors (Lipinski definition) is 1. The SMILES string of the molecule is CCC1CCCCN1c1ncc(C(=O)NCCc2ccccc2F)cn1. The van der Waals surface area contributed by atoms with Gasteiger partial charge in [-0.15, -0.1) is 0 Å². The lowest BCUT2D eigenvalue weighted by Gasteiger charge is -2.35. The summed E-state index contributed by atoms with van der Waals surface area (Å²) in [4.78, 5) is 23.3. The van der Waals surface area contributed by atoms with Gasteiger partial charge in [0, 0.05) is 31.5 Å². The van der Waals surface area contributed by atoms with Gasteiger partial charge >= 0.3 is 0 Å². The average molecular weight is 356 g/mol. The van der Waals surface area contributed by atoms with Crippen LogP contribution in [0.25, 0.3) is 0 Å². The van der Waals surface area contributed by atoms with Gasteiger partial charge in [-0.05, 0) is 43.7 Å². The molecule has 0 saturated carbocycles. The zero-order valence-corrected chi connectivity index (χ0v) is 15.1. The first-order valence-electron chi connectivity index (χ1n) is 9.29. The number of amides is 1. The lowest BCUT2D eigenvalue weighted by Crippen LogP contribution is -2.40. The first-order valence-corrected chi connectivity index (χ1v) is 9.29. The van der Waals surface area contributed by atoms with Crippen molar-refractivity contribution in [2.75, 3.05) is 18.0 Å². The molecule has 0 aliphatic carbocycles. The van der Waals surface area contributed by atoms with E-state index >= 15 is 0 Å². The standard InChI is InChI=1S/C20H25FN4O/c1-2-17-8-5-6-12-25(17)20-23-13-16(14-24-20)19(26)22-11-10-15-7-3-4-9-18(15)21/h3-4,7,9,13-14,17H,2,5-6,8,10-12H2,1H3,(H,22,26). The summed E-state index contributed by atoms with van der Waals surface area (Å²) in [5.41, 5.74) is 1.02. The Morgan fingerprint density at radius 1 is 1.27 bits per heavy atom. The van der Waals surface area contributed by atoms with Crippen LogP contribution in [0.15, 0.2) is 36.7 Å². The summed E-state index contributed by atoms with van der Waals surface area (Å²) in [6, 6.07) is 7.07. The molecule has 3 rings (SSSR count). The smallest absolute Gasteiger partial charge is 0.254 e. The van der Waals surface area contributed by atoms with Gasteiger partial charge in [0.15, 0.2) is 0 Å². The molecule has 1 saturated heterocycles. The van der Waals surface area contributed by atoms with E-state index in [-0.39, 0.29) is 11.7 Å². The highest BCUT2D eigenvalue weighted by atomic mass is 19.1. The van der Waals surface area contributed by atoms with E-state index in [0.717, 1.165) is 25.8 Å². The third-order valence-electron chi connectivity index (χ3n) is 4.89. The fourth-order valence-electron chi connectivity index (χ4n) is 3.39. The second kappa shape index (κ2) is 8.74. The molecule has 138 valence electrons. The summed E-state index contributed by atoms with van der Waals surface area (Å²) in [6.07, 6.45) is 8.23. The quantitative estimate of drug-likeness (QED) is 0.862. The van der Waals surface area contributed by atoms with Crippen LogP contribution in [0.3, 0.4) is 0 Å². The lowest BCUT2D eigenvalue weighted by molar-refractivity contribution is 0.0953. The normalized spacial score (nSPS) is 17.2. The first kappa shape index (κ1) is 18.3. The van der Waals surface area contributed by atoms with Crippen molar-refractivity contribution >= 4 is 11.9 Å². The zero-order chi connectivity index (χ0) is 18.4. The predicted molar refractivity (Wildman–Crippen MR) is 99.7 cm³/mol. The number of piperidine rings is 1. The number of nitrogens with one attached hydrogen (secondary N) is 1. The number of carbonyl (C=O) groups excluding carboxylic acids is 1. The Hall–Kier alpha value is -2.50. The first-order chi connectivity index (χ1) is 12.7. The summed E-state index contributed by atoms with van der Waals surface area (Å²) in [7, 11) is 0. The summed E-state index contributed by atoms with van der Waals surface area (Å²) >= 11 is 0. The largest absolute Gasteiger partial charge is 0.352 e. The van der Waals surface area contributed by atoms with E-state index in [0.29, 0.717) is 36.1 Å². The van der Waals surface area contributed by atoms with Gasteiger partial charge in [-0.25, -0.2) is 14.4 Å². The van der Waals surface area contributed by atoms with Crippen molar-refractivity contribution < 1.29 is 9.18 Å². The van der Waals surface area contributed by atoms with Crippen LogP contribution in [0.4, 0.5) is 10.3 Å². The highest BCUT2D eigenvalue weighted by Crippen LogP contribution is 2.23. The van der Waals surface area contributed by atoms with Gasteiger partial charge < -0.3 is 10.2 Å². The molecule has 1 aliphatic heterocycles. The molecule has 5 nitrogen and oxygen atoms in total. The van der Waals surface area contributed by atoms with Crippen LogP contribution in [0.1, 0.15) is 48.5 Å². The molecular weight excluding hydrogens is 331 g/mol. The van der Waals surface area contributed by atoms with Crippen molar-refractivity contribution in [1.29, 1.82) is 0 Å². The zero-order valence-electron chi connectivity index (χ0n) is 15.1. The van der Waals surface area contributed by atoms with Crippen molar-refractivity contribution in [3.8, 4) is 0 Å². The van der Waals surface area contributed by atoms with Gasteiger partial charge in [0.25, 0.3) is 5.91 Å². The number of nitrogens with zero attached hydrogens (tertiary/aromatic N) is 3. The van der Waals surface area contributed by atoms with E-state index in [2.05, 4.69) is 27.1 Å². The number of carbonyl (C=O) groups is 1. The number of benzene rings is 1. The van der Waals surface area contributed by atoms with Crippen LogP contribution in [-0.2, 0) is 6.42 Å². The van der Waals surface area contributed by atoms with Crippen molar-refractivity contribution in [2.45, 2.75) is 45.1 Å². The summed E-state index contributed by atoms with van der Waals surface area (Å²) in [5, 5.41) is 2.79. The van der Waals surface area contributed by atoms with E-state index in [4.69, 9.17) is 0 Å². The molecule has 1 aromatic carbocycles. The van der Waals surface area contributed by atoms with Gasteiger partial charge in [-0.2, -0.15) is 0 Å². The van der Waals surface area contributed by atoms with E-state index in [1.807, 2.05) is 0 Å². The summed E-state index contributed by atoms with van der Waals surface area (Å²) in [6.45, 7) is 3.51. The van der Waals surface area contributed by atoms with Gasteiger partial charge in [0.05, 0.1) is 5.56 Å². The van der Waals surface area contributed by atoms with Crippen molar-refractivity contribution in [2.24, 2.45) is 0 Å². The molecule has 0 radical (unpaired) electrons. The maximum absolute atomic E-state index is 13.6. The molecule has 1 fully saturated rings. The van der Waals surface area contributed by atoms with Crippen molar-refractivity contribution in [3.05, 3.63) is 53.6 Å². The fraction of sp³-hybridized carbons (Fsp3) is 0.450. The third kappa shape index (κ3) is 4.36. The Morgan fingerprint density at radius 2 is 2.04 bits per heavy atom. The molecule has 1 aromatic heterocycles. The Morgan fingerprint density at radius 3 is 2.77 bits per heavy atom. The maximum atomic E-state index is 13.6. The van der Waals surface area contributed by atoms with Crippen LogP contribution in [0, 0.1) is 5.82 Å². The highest BCUT2D eigenvalue weighted by Gasteiger charge is 2.23. The average Bonchev–Trinajstić information content (AvgIpc) is 2.69. The molecule has 26 heavy (non-hydrogen) atoms. The Bertz CT molecular complexity index is 735. The minimum absolute atomic E-state index is 0.237. The molecule has 0 spiro atoms. The van der Waals surface area contributed by atoms with Crippen LogP contribution < -0.4 is 10.2 Å². The summed E-state index contributed by atoms with van der Waals surface area (Å²) < 4.78 is 13.6. The van der Waals surface area contributed by atoms with Crippen LogP contribution >= 0.6 is 0 Å². The number of aromatic nitrogens is 2. The molecule has 6 heteroatoms. The van der Waals surface area contributed by atoms with Crippen LogP contribution in [0.5, 0.6) is 0 Å². The number of halogens is 1. The van der Waals surface area contributed by atoms with Crippen LogP contribution in [-0.4, -0.2) is 35.0 Å². The number of hydrogen-bond acceptors (Lipinski definition) is 4. The second-order valence-electron chi connectivity index (χ2n) is 6.62. The minimum atomic E-state index is -0.249. The topological polar surface area (TPSA) is 58.1 Å². The molecule has 1 amide bonds. The minimum Gasteiger partial charge on any atom is -0.352 e. The number of anilines is 1. The lowest BCUT2D eigenvalue weighted by atomic mass is 10.0. The monoisotopic (exact) mass is 356 g/mol. The summed E-state index contributed by atoms with van der Waals surface area (Å²) in [5.74, 6) is 0.208.